The molecule has 0 spiro atoms. The Hall–Kier alpha value is -1.89. The highest BCUT2D eigenvalue weighted by Crippen LogP contribution is 2.25. The highest BCUT2D eigenvalue weighted by molar-refractivity contribution is 7.99. The Morgan fingerprint density at radius 2 is 2.04 bits per heavy atom. The first-order chi connectivity index (χ1) is 12.1. The minimum absolute atomic E-state index is 0.00557. The van der Waals surface area contributed by atoms with Gasteiger partial charge in [0.25, 0.3) is 0 Å². The third kappa shape index (κ3) is 4.60. The Balaban J connectivity index is 1.53. The molecule has 1 aliphatic carbocycles. The quantitative estimate of drug-likeness (QED) is 0.800. The maximum atomic E-state index is 13.9. The second kappa shape index (κ2) is 8.47. The van der Waals surface area contributed by atoms with Crippen molar-refractivity contribution in [2.24, 2.45) is 13.0 Å². The van der Waals surface area contributed by atoms with Crippen LogP contribution in [-0.2, 0) is 11.8 Å². The Bertz CT molecular complexity index is 728. The van der Waals surface area contributed by atoms with Crippen LogP contribution in [0.3, 0.4) is 0 Å². The summed E-state index contributed by atoms with van der Waals surface area (Å²) in [5.41, 5.74) is 0.408. The number of carbonyl (C=O) groups is 1. The summed E-state index contributed by atoms with van der Waals surface area (Å²) < 4.78 is 15.6. The molecule has 0 bridgehead atoms. The maximum absolute atomic E-state index is 13.9. The van der Waals surface area contributed by atoms with Gasteiger partial charge in [-0.3, -0.25) is 4.79 Å². The Morgan fingerprint density at radius 1 is 1.28 bits per heavy atom. The number of amides is 1. The first kappa shape index (κ1) is 17.9. The fraction of sp³-hybridized carbons (Fsp3) is 0.500. The number of hydrogen-bond donors (Lipinski definition) is 1. The Morgan fingerprint density at radius 3 is 2.80 bits per heavy atom. The molecular formula is C18H23FN4OS. The van der Waals surface area contributed by atoms with E-state index in [2.05, 4.69) is 15.5 Å². The molecule has 25 heavy (non-hydrogen) atoms. The van der Waals surface area contributed by atoms with E-state index in [0.29, 0.717) is 22.5 Å². The van der Waals surface area contributed by atoms with Gasteiger partial charge in [-0.25, -0.2) is 4.39 Å². The fourth-order valence-corrected chi connectivity index (χ4v) is 3.89. The molecule has 5 nitrogen and oxygen atoms in total. The SMILES string of the molecule is Cn1c(SCC(=O)NCC2CCCCC2)nnc1-c1ccccc1F. The molecule has 0 unspecified atom stereocenters. The van der Waals surface area contributed by atoms with Crippen molar-refractivity contribution >= 4 is 17.7 Å². The standard InChI is InChI=1S/C18H23FN4OS/c1-23-17(14-9-5-6-10-15(14)19)21-22-18(23)25-12-16(24)20-11-13-7-3-2-4-8-13/h5-6,9-10,13H,2-4,7-8,11-12H2,1H3,(H,20,24). The predicted molar refractivity (Wildman–Crippen MR) is 96.7 cm³/mol. The second-order valence-electron chi connectivity index (χ2n) is 6.44. The summed E-state index contributed by atoms with van der Waals surface area (Å²) in [4.78, 5) is 12.1. The van der Waals surface area contributed by atoms with Crippen molar-refractivity contribution in [1.29, 1.82) is 0 Å². The first-order valence-corrected chi connectivity index (χ1v) is 9.67. The predicted octanol–water partition coefficient (Wildman–Crippen LogP) is 3.41. The third-order valence-electron chi connectivity index (χ3n) is 4.59. The van der Waals surface area contributed by atoms with Crippen LogP contribution < -0.4 is 5.32 Å². The molecule has 1 aromatic carbocycles. The van der Waals surface area contributed by atoms with E-state index in [1.54, 1.807) is 29.8 Å². The molecule has 1 heterocycles. The van der Waals surface area contributed by atoms with Gasteiger partial charge in [0.2, 0.25) is 5.91 Å². The van der Waals surface area contributed by atoms with Crippen molar-refractivity contribution in [1.82, 2.24) is 20.1 Å². The molecule has 0 aliphatic heterocycles. The van der Waals surface area contributed by atoms with Crippen LogP contribution in [0.25, 0.3) is 11.4 Å². The van der Waals surface area contributed by atoms with Gasteiger partial charge < -0.3 is 9.88 Å². The number of nitrogens with one attached hydrogen (secondary N) is 1. The number of nitrogens with zero attached hydrogens (tertiary/aromatic N) is 3. The van der Waals surface area contributed by atoms with E-state index in [0.717, 1.165) is 6.54 Å². The number of thioether (sulfide) groups is 1. The zero-order valence-corrected chi connectivity index (χ0v) is 15.2. The number of hydrogen-bond acceptors (Lipinski definition) is 4. The van der Waals surface area contributed by atoms with Crippen LogP contribution in [0.1, 0.15) is 32.1 Å². The number of benzene rings is 1. The van der Waals surface area contributed by atoms with Crippen LogP contribution in [0.4, 0.5) is 4.39 Å². The van der Waals surface area contributed by atoms with Crippen molar-refractivity contribution in [3.8, 4) is 11.4 Å². The number of aromatic nitrogens is 3. The topological polar surface area (TPSA) is 59.8 Å². The summed E-state index contributed by atoms with van der Waals surface area (Å²) in [6.07, 6.45) is 6.28. The van der Waals surface area contributed by atoms with Gasteiger partial charge in [0.15, 0.2) is 11.0 Å². The van der Waals surface area contributed by atoms with Crippen LogP contribution in [-0.4, -0.2) is 33.0 Å². The smallest absolute Gasteiger partial charge is 0.230 e. The summed E-state index contributed by atoms with van der Waals surface area (Å²) in [6.45, 7) is 0.763. The van der Waals surface area contributed by atoms with Gasteiger partial charge in [-0.2, -0.15) is 0 Å². The highest BCUT2D eigenvalue weighted by Gasteiger charge is 2.17. The lowest BCUT2D eigenvalue weighted by molar-refractivity contribution is -0.118. The molecule has 0 saturated heterocycles. The normalized spacial score (nSPS) is 15.3. The molecule has 1 aromatic heterocycles. The third-order valence-corrected chi connectivity index (χ3v) is 5.61. The molecule has 7 heteroatoms. The van der Waals surface area contributed by atoms with Gasteiger partial charge in [0, 0.05) is 13.6 Å². The highest BCUT2D eigenvalue weighted by atomic mass is 32.2. The van der Waals surface area contributed by atoms with Crippen molar-refractivity contribution in [2.45, 2.75) is 37.3 Å². The van der Waals surface area contributed by atoms with Crippen molar-refractivity contribution in [2.75, 3.05) is 12.3 Å². The molecule has 134 valence electrons. The van der Waals surface area contributed by atoms with Gasteiger partial charge in [0.1, 0.15) is 5.82 Å². The summed E-state index contributed by atoms with van der Waals surface area (Å²) in [5.74, 6) is 1.04. The lowest BCUT2D eigenvalue weighted by Gasteiger charge is -2.21. The van der Waals surface area contributed by atoms with Crippen LogP contribution in [0.2, 0.25) is 0 Å². The average Bonchev–Trinajstić information content (AvgIpc) is 3.00. The van der Waals surface area contributed by atoms with E-state index >= 15 is 0 Å². The molecular weight excluding hydrogens is 339 g/mol. The van der Waals surface area contributed by atoms with Crippen molar-refractivity contribution in [3.05, 3.63) is 30.1 Å². The molecule has 2 aromatic rings. The van der Waals surface area contributed by atoms with Crippen LogP contribution in [0.5, 0.6) is 0 Å². The number of halogens is 1. The van der Waals surface area contributed by atoms with Gasteiger partial charge in [-0.15, -0.1) is 10.2 Å². The summed E-state index contributed by atoms with van der Waals surface area (Å²) >= 11 is 1.32. The fourth-order valence-electron chi connectivity index (χ4n) is 3.15. The van der Waals surface area contributed by atoms with Gasteiger partial charge in [0.05, 0.1) is 11.3 Å². The number of carbonyl (C=O) groups excluding carboxylic acids is 1. The summed E-state index contributed by atoms with van der Waals surface area (Å²) in [5, 5.41) is 11.8. The molecule has 1 aliphatic rings. The summed E-state index contributed by atoms with van der Waals surface area (Å²) in [6, 6.07) is 6.47. The van der Waals surface area contributed by atoms with Gasteiger partial charge >= 0.3 is 0 Å². The molecule has 1 saturated carbocycles. The monoisotopic (exact) mass is 362 g/mol. The van der Waals surface area contributed by atoms with Crippen molar-refractivity contribution in [3.63, 3.8) is 0 Å². The van der Waals surface area contributed by atoms with Gasteiger partial charge in [-0.05, 0) is 30.9 Å². The molecule has 0 radical (unpaired) electrons. The van der Waals surface area contributed by atoms with E-state index < -0.39 is 0 Å². The lowest BCUT2D eigenvalue weighted by atomic mass is 9.89. The summed E-state index contributed by atoms with van der Waals surface area (Å²) in [7, 11) is 1.78. The van der Waals surface area contributed by atoms with Crippen LogP contribution in [0, 0.1) is 11.7 Å². The molecule has 1 amide bonds. The Labute approximate surface area is 151 Å². The first-order valence-electron chi connectivity index (χ1n) is 8.69. The maximum Gasteiger partial charge on any atom is 0.230 e. The van der Waals surface area contributed by atoms with Crippen LogP contribution in [0.15, 0.2) is 29.4 Å². The molecule has 3 rings (SSSR count). The number of rotatable bonds is 6. The second-order valence-corrected chi connectivity index (χ2v) is 7.38. The zero-order chi connectivity index (χ0) is 17.6. The molecule has 1 N–H and O–H groups in total. The van der Waals surface area contributed by atoms with E-state index in [4.69, 9.17) is 0 Å². The molecule has 1 fully saturated rings. The minimum atomic E-state index is -0.334. The largest absolute Gasteiger partial charge is 0.355 e. The molecule has 0 atom stereocenters. The van der Waals surface area contributed by atoms with Crippen molar-refractivity contribution < 1.29 is 9.18 Å². The minimum Gasteiger partial charge on any atom is -0.355 e. The van der Waals surface area contributed by atoms with Gasteiger partial charge in [-0.1, -0.05) is 43.2 Å². The van der Waals surface area contributed by atoms with E-state index in [-0.39, 0.29) is 17.5 Å². The average molecular weight is 362 g/mol. The van der Waals surface area contributed by atoms with Crippen LogP contribution >= 0.6 is 11.8 Å². The van der Waals surface area contributed by atoms with E-state index in [9.17, 15) is 9.18 Å². The van der Waals surface area contributed by atoms with E-state index in [1.165, 1.54) is 49.9 Å². The lowest BCUT2D eigenvalue weighted by Crippen LogP contribution is -2.31. The Kier molecular flexibility index (Phi) is 6.07. The van der Waals surface area contributed by atoms with E-state index in [1.807, 2.05) is 0 Å². The zero-order valence-electron chi connectivity index (χ0n) is 14.4.